The van der Waals surface area contributed by atoms with Crippen molar-refractivity contribution in [2.24, 2.45) is 0 Å². The fourth-order valence-electron chi connectivity index (χ4n) is 3.34. The van der Waals surface area contributed by atoms with Gasteiger partial charge in [-0.3, -0.25) is 23.9 Å². The molecule has 0 fully saturated rings. The second-order valence-corrected chi connectivity index (χ2v) is 7.88. The first-order chi connectivity index (χ1) is 13.9. The van der Waals surface area contributed by atoms with Crippen LogP contribution in [0.4, 0.5) is 5.82 Å². The Hall–Kier alpha value is -2.81. The maximum Gasteiger partial charge on any atom is 0.329 e. The molecule has 9 heteroatoms. The van der Waals surface area contributed by atoms with Crippen molar-refractivity contribution >= 4 is 29.3 Å². The van der Waals surface area contributed by atoms with E-state index < -0.39 is 29.6 Å². The van der Waals surface area contributed by atoms with E-state index in [0.717, 1.165) is 28.7 Å². The summed E-state index contributed by atoms with van der Waals surface area (Å²) in [6.07, 6.45) is 3.90. The summed E-state index contributed by atoms with van der Waals surface area (Å²) in [5.41, 5.74) is 6.59. The number of benzene rings is 1. The monoisotopic (exact) mass is 417 g/mol. The molecule has 0 atom stereocenters. The molecule has 29 heavy (non-hydrogen) atoms. The van der Waals surface area contributed by atoms with Crippen LogP contribution in [0.3, 0.4) is 0 Å². The van der Waals surface area contributed by atoms with Crippen molar-refractivity contribution in [2.75, 3.05) is 18.1 Å². The predicted molar refractivity (Wildman–Crippen MR) is 111 cm³/mol. The van der Waals surface area contributed by atoms with E-state index in [4.69, 9.17) is 10.5 Å². The highest BCUT2D eigenvalue weighted by Crippen LogP contribution is 2.27. The third kappa shape index (κ3) is 4.79. The molecule has 2 aromatic rings. The molecule has 3 N–H and O–H groups in total. The van der Waals surface area contributed by atoms with Crippen LogP contribution in [0.2, 0.25) is 0 Å². The number of hydrogen-bond donors (Lipinski definition) is 2. The minimum absolute atomic E-state index is 0.0488. The first-order valence-corrected chi connectivity index (χ1v) is 10.4. The molecular weight excluding hydrogens is 394 g/mol. The highest BCUT2D eigenvalue weighted by atomic mass is 32.2. The molecule has 0 saturated carbocycles. The van der Waals surface area contributed by atoms with Crippen LogP contribution in [0, 0.1) is 0 Å². The first-order valence-electron chi connectivity index (χ1n) is 9.46. The number of nitrogens with one attached hydrogen (secondary N) is 1. The van der Waals surface area contributed by atoms with Crippen LogP contribution in [-0.4, -0.2) is 33.7 Å². The normalized spacial score (nSPS) is 12.6. The van der Waals surface area contributed by atoms with E-state index in [0.29, 0.717) is 6.42 Å². The van der Waals surface area contributed by atoms with E-state index in [2.05, 4.69) is 17.1 Å². The quantitative estimate of drug-likeness (QED) is 0.379. The number of ether oxygens (including phenoxy) is 1. The number of carbonyl (C=O) groups excluding carboxylic acids is 2. The van der Waals surface area contributed by atoms with Gasteiger partial charge < -0.3 is 10.5 Å². The van der Waals surface area contributed by atoms with Crippen molar-refractivity contribution in [3.8, 4) is 0 Å². The molecule has 0 aliphatic heterocycles. The summed E-state index contributed by atoms with van der Waals surface area (Å²) >= 11 is 1.34. The van der Waals surface area contributed by atoms with Gasteiger partial charge in [-0.2, -0.15) is 0 Å². The van der Waals surface area contributed by atoms with Crippen LogP contribution >= 0.6 is 11.8 Å². The van der Waals surface area contributed by atoms with Crippen molar-refractivity contribution in [1.82, 2.24) is 9.55 Å². The van der Waals surface area contributed by atoms with Crippen molar-refractivity contribution in [3.63, 3.8) is 0 Å². The largest absolute Gasteiger partial charge is 0.457 e. The van der Waals surface area contributed by atoms with Gasteiger partial charge in [0, 0.05) is 11.4 Å². The number of thioether (sulfide) groups is 1. The molecule has 1 aliphatic carbocycles. The lowest BCUT2D eigenvalue weighted by Gasteiger charge is -2.11. The van der Waals surface area contributed by atoms with Gasteiger partial charge in [0.25, 0.3) is 5.56 Å². The summed E-state index contributed by atoms with van der Waals surface area (Å²) in [5, 5.41) is 0. The molecule has 1 aliphatic rings. The molecule has 0 unspecified atom stereocenters. The third-order valence-corrected chi connectivity index (χ3v) is 5.72. The zero-order valence-corrected chi connectivity index (χ0v) is 17.0. The highest BCUT2D eigenvalue weighted by Gasteiger charge is 2.20. The molecule has 0 spiro atoms. The summed E-state index contributed by atoms with van der Waals surface area (Å²) in [6, 6.07) is 6.15. The van der Waals surface area contributed by atoms with Gasteiger partial charge in [0.15, 0.2) is 6.61 Å². The summed E-state index contributed by atoms with van der Waals surface area (Å²) in [5.74, 6) is -1.48. The average Bonchev–Trinajstić information content (AvgIpc) is 3.15. The number of aromatic nitrogens is 2. The smallest absolute Gasteiger partial charge is 0.329 e. The Bertz CT molecular complexity index is 1060. The number of Topliss-reactive ketones (excluding diaryl/α,β-unsaturated/α-hetero) is 1. The van der Waals surface area contributed by atoms with Gasteiger partial charge in [0.05, 0.1) is 5.75 Å². The maximum atomic E-state index is 12.4. The zero-order chi connectivity index (χ0) is 21.0. The number of rotatable bonds is 8. The van der Waals surface area contributed by atoms with Crippen molar-refractivity contribution in [2.45, 2.75) is 44.0 Å². The lowest BCUT2D eigenvalue weighted by atomic mass is 10.1. The number of aromatic amines is 1. The van der Waals surface area contributed by atoms with E-state index in [1.807, 2.05) is 13.0 Å². The second-order valence-electron chi connectivity index (χ2n) is 6.83. The van der Waals surface area contributed by atoms with E-state index in [1.165, 1.54) is 22.9 Å². The van der Waals surface area contributed by atoms with E-state index >= 15 is 0 Å². The minimum Gasteiger partial charge on any atom is -0.457 e. The lowest BCUT2D eigenvalue weighted by Crippen LogP contribution is -2.37. The molecule has 0 amide bonds. The van der Waals surface area contributed by atoms with E-state index in [9.17, 15) is 19.2 Å². The Morgan fingerprint density at radius 2 is 2.00 bits per heavy atom. The number of nitrogens with zero attached hydrogens (tertiary/aromatic N) is 1. The van der Waals surface area contributed by atoms with E-state index in [1.54, 1.807) is 0 Å². The van der Waals surface area contributed by atoms with Crippen LogP contribution in [-0.2, 0) is 28.9 Å². The fraction of sp³-hybridized carbons (Fsp3) is 0.400. The molecule has 3 rings (SSSR count). The van der Waals surface area contributed by atoms with Gasteiger partial charge in [-0.15, -0.1) is 11.8 Å². The SMILES string of the molecule is CCCn1c(N)c(C(=O)COC(=O)CSc2ccc3c(c2)CCC3)c(=O)[nH]c1=O. The Labute approximate surface area is 171 Å². The molecule has 1 aromatic heterocycles. The number of aryl methyl sites for hydroxylation is 2. The van der Waals surface area contributed by atoms with Crippen LogP contribution in [0.15, 0.2) is 32.7 Å². The van der Waals surface area contributed by atoms with Crippen molar-refractivity contribution in [3.05, 3.63) is 55.7 Å². The first kappa shape index (κ1) is 20.9. The standard InChI is InChI=1S/C20H23N3O5S/c1-2-8-23-18(21)17(19(26)22-20(23)27)15(24)10-28-16(25)11-29-14-7-6-12-4-3-5-13(12)9-14/h6-7,9H,2-5,8,10-11,21H2,1H3,(H,22,26,27). The number of H-pyrrole nitrogens is 1. The molecule has 8 nitrogen and oxygen atoms in total. The average molecular weight is 417 g/mol. The molecule has 0 radical (unpaired) electrons. The summed E-state index contributed by atoms with van der Waals surface area (Å²) < 4.78 is 6.13. The third-order valence-electron chi connectivity index (χ3n) is 4.76. The molecule has 154 valence electrons. The number of ketones is 1. The predicted octanol–water partition coefficient (Wildman–Crippen LogP) is 1.54. The molecular formula is C20H23N3O5S. The Morgan fingerprint density at radius 1 is 1.24 bits per heavy atom. The van der Waals surface area contributed by atoms with Gasteiger partial charge in [-0.25, -0.2) is 4.79 Å². The van der Waals surface area contributed by atoms with Crippen molar-refractivity contribution < 1.29 is 14.3 Å². The number of fused-ring (bicyclic) bond motifs is 1. The van der Waals surface area contributed by atoms with Gasteiger partial charge >= 0.3 is 11.7 Å². The van der Waals surface area contributed by atoms with Crippen LogP contribution in [0.25, 0.3) is 0 Å². The maximum absolute atomic E-state index is 12.4. The number of anilines is 1. The van der Waals surface area contributed by atoms with E-state index in [-0.39, 0.29) is 23.7 Å². The number of esters is 1. The topological polar surface area (TPSA) is 124 Å². The van der Waals surface area contributed by atoms with Gasteiger partial charge in [-0.05, 0) is 48.9 Å². The molecule has 1 heterocycles. The molecule has 0 saturated heterocycles. The molecule has 1 aromatic carbocycles. The summed E-state index contributed by atoms with van der Waals surface area (Å²) in [4.78, 5) is 51.2. The highest BCUT2D eigenvalue weighted by molar-refractivity contribution is 8.00. The minimum atomic E-state index is -0.881. The number of nitrogen functional groups attached to an aromatic ring is 1. The Balaban J connectivity index is 1.59. The van der Waals surface area contributed by atoms with Crippen LogP contribution in [0.1, 0.15) is 41.3 Å². The van der Waals surface area contributed by atoms with Gasteiger partial charge in [0.2, 0.25) is 5.78 Å². The molecule has 0 bridgehead atoms. The summed E-state index contributed by atoms with van der Waals surface area (Å²) in [6.45, 7) is 1.49. The van der Waals surface area contributed by atoms with Crippen LogP contribution < -0.4 is 17.0 Å². The number of nitrogens with two attached hydrogens (primary N) is 1. The fourth-order valence-corrected chi connectivity index (χ4v) is 4.10. The lowest BCUT2D eigenvalue weighted by molar-refractivity contribution is -0.139. The zero-order valence-electron chi connectivity index (χ0n) is 16.2. The Kier molecular flexibility index (Phi) is 6.58. The number of hydrogen-bond acceptors (Lipinski definition) is 7. The number of carbonyl (C=O) groups is 2. The Morgan fingerprint density at radius 3 is 2.76 bits per heavy atom. The van der Waals surface area contributed by atoms with Crippen LogP contribution in [0.5, 0.6) is 0 Å². The second kappa shape index (κ2) is 9.13. The van der Waals surface area contributed by atoms with Gasteiger partial charge in [-0.1, -0.05) is 13.0 Å². The summed E-state index contributed by atoms with van der Waals surface area (Å²) in [7, 11) is 0. The van der Waals surface area contributed by atoms with Gasteiger partial charge in [0.1, 0.15) is 11.4 Å². The van der Waals surface area contributed by atoms with Crippen molar-refractivity contribution in [1.29, 1.82) is 0 Å².